The molecule has 0 fully saturated rings. The molecule has 2 N–H and O–H groups in total. The zero-order valence-corrected chi connectivity index (χ0v) is 11.7. The highest BCUT2D eigenvalue weighted by molar-refractivity contribution is 5.82. The van der Waals surface area contributed by atoms with Crippen molar-refractivity contribution in [2.75, 3.05) is 20.0 Å². The lowest BCUT2D eigenvalue weighted by atomic mass is 9.97. The first-order valence-electron chi connectivity index (χ1n) is 6.15. The summed E-state index contributed by atoms with van der Waals surface area (Å²) in [5, 5.41) is 4.19. The molecule has 0 aliphatic rings. The van der Waals surface area contributed by atoms with Gasteiger partial charge in [-0.15, -0.1) is 0 Å². The third kappa shape index (κ3) is 2.12. The standard InChI is InChI=1S/C14H19N3O2/c1-5-9-11(18-3)6-7-12(19-4)13(9)10-8-16-17(2)14(10)15/h6-8H,5,15H2,1-4H3. The fourth-order valence-electron chi connectivity index (χ4n) is 2.25. The minimum Gasteiger partial charge on any atom is -0.496 e. The maximum atomic E-state index is 6.08. The zero-order valence-electron chi connectivity index (χ0n) is 11.7. The van der Waals surface area contributed by atoms with E-state index in [1.54, 1.807) is 25.1 Å². The average molecular weight is 261 g/mol. The van der Waals surface area contributed by atoms with Gasteiger partial charge in [0, 0.05) is 23.7 Å². The van der Waals surface area contributed by atoms with Gasteiger partial charge in [-0.3, -0.25) is 4.68 Å². The molecule has 0 amide bonds. The van der Waals surface area contributed by atoms with E-state index < -0.39 is 0 Å². The van der Waals surface area contributed by atoms with Crippen LogP contribution in [-0.4, -0.2) is 24.0 Å². The van der Waals surface area contributed by atoms with Crippen LogP contribution in [-0.2, 0) is 13.5 Å². The highest BCUT2D eigenvalue weighted by Crippen LogP contribution is 2.40. The van der Waals surface area contributed by atoms with E-state index in [1.165, 1.54) is 0 Å². The Morgan fingerprint density at radius 1 is 1.21 bits per heavy atom. The maximum Gasteiger partial charge on any atom is 0.129 e. The smallest absolute Gasteiger partial charge is 0.129 e. The summed E-state index contributed by atoms with van der Waals surface area (Å²) in [6.45, 7) is 2.08. The third-order valence-corrected chi connectivity index (χ3v) is 3.28. The Labute approximate surface area is 112 Å². The second kappa shape index (κ2) is 5.22. The van der Waals surface area contributed by atoms with Crippen LogP contribution in [0, 0.1) is 0 Å². The van der Waals surface area contributed by atoms with Gasteiger partial charge in [-0.1, -0.05) is 6.92 Å². The molecule has 0 radical (unpaired) electrons. The molecule has 1 aromatic carbocycles. The molecule has 1 heterocycles. The quantitative estimate of drug-likeness (QED) is 0.917. The number of aromatic nitrogens is 2. The van der Waals surface area contributed by atoms with E-state index in [0.29, 0.717) is 5.82 Å². The molecule has 0 aliphatic heterocycles. The van der Waals surface area contributed by atoms with Crippen LogP contribution >= 0.6 is 0 Å². The van der Waals surface area contributed by atoms with Crippen LogP contribution in [0.15, 0.2) is 18.3 Å². The SMILES string of the molecule is CCc1c(OC)ccc(OC)c1-c1cnn(C)c1N. The minimum absolute atomic E-state index is 0.612. The van der Waals surface area contributed by atoms with Crippen molar-refractivity contribution >= 4 is 5.82 Å². The van der Waals surface area contributed by atoms with Gasteiger partial charge in [0.05, 0.1) is 20.4 Å². The summed E-state index contributed by atoms with van der Waals surface area (Å²) < 4.78 is 12.5. The summed E-state index contributed by atoms with van der Waals surface area (Å²) in [6, 6.07) is 3.80. The lowest BCUT2D eigenvalue weighted by Crippen LogP contribution is -2.01. The predicted molar refractivity (Wildman–Crippen MR) is 75.5 cm³/mol. The van der Waals surface area contributed by atoms with Crippen LogP contribution < -0.4 is 15.2 Å². The molecule has 0 saturated carbocycles. The lowest BCUT2D eigenvalue weighted by Gasteiger charge is -2.16. The first-order valence-corrected chi connectivity index (χ1v) is 6.15. The van der Waals surface area contributed by atoms with Gasteiger partial charge in [0.1, 0.15) is 17.3 Å². The second-order valence-corrected chi connectivity index (χ2v) is 4.24. The molecule has 102 valence electrons. The number of anilines is 1. The van der Waals surface area contributed by atoms with Gasteiger partial charge in [-0.25, -0.2) is 0 Å². The lowest BCUT2D eigenvalue weighted by molar-refractivity contribution is 0.400. The molecule has 0 aliphatic carbocycles. The summed E-state index contributed by atoms with van der Waals surface area (Å²) in [7, 11) is 5.13. The van der Waals surface area contributed by atoms with Crippen LogP contribution in [0.3, 0.4) is 0 Å². The number of benzene rings is 1. The van der Waals surface area contributed by atoms with E-state index >= 15 is 0 Å². The van der Waals surface area contributed by atoms with E-state index in [1.807, 2.05) is 19.2 Å². The van der Waals surface area contributed by atoms with Gasteiger partial charge in [-0.2, -0.15) is 5.10 Å². The number of hydrogen-bond donors (Lipinski definition) is 1. The number of rotatable bonds is 4. The summed E-state index contributed by atoms with van der Waals surface area (Å²) in [4.78, 5) is 0. The van der Waals surface area contributed by atoms with Gasteiger partial charge in [0.25, 0.3) is 0 Å². The average Bonchev–Trinajstić information content (AvgIpc) is 2.77. The number of nitrogen functional groups attached to an aromatic ring is 1. The number of methoxy groups -OCH3 is 2. The Bertz CT molecular complexity index is 591. The Hall–Kier alpha value is -2.17. The Morgan fingerprint density at radius 2 is 1.84 bits per heavy atom. The topological polar surface area (TPSA) is 62.3 Å². The first kappa shape index (κ1) is 13.3. The number of nitrogens with zero attached hydrogens (tertiary/aromatic N) is 2. The highest BCUT2D eigenvalue weighted by Gasteiger charge is 2.19. The van der Waals surface area contributed by atoms with Gasteiger partial charge < -0.3 is 15.2 Å². The summed E-state index contributed by atoms with van der Waals surface area (Å²) in [5.74, 6) is 2.22. The molecule has 2 rings (SSSR count). The second-order valence-electron chi connectivity index (χ2n) is 4.24. The molecule has 19 heavy (non-hydrogen) atoms. The van der Waals surface area contributed by atoms with Crippen molar-refractivity contribution < 1.29 is 9.47 Å². The van der Waals surface area contributed by atoms with Gasteiger partial charge >= 0.3 is 0 Å². The molecule has 0 spiro atoms. The van der Waals surface area contributed by atoms with E-state index in [9.17, 15) is 0 Å². The fourth-order valence-corrected chi connectivity index (χ4v) is 2.25. The minimum atomic E-state index is 0.612. The Kier molecular flexibility index (Phi) is 3.64. The number of hydrogen-bond acceptors (Lipinski definition) is 4. The van der Waals surface area contributed by atoms with Crippen LogP contribution in [0.5, 0.6) is 11.5 Å². The summed E-state index contributed by atoms with van der Waals surface area (Å²) >= 11 is 0. The van der Waals surface area contributed by atoms with E-state index in [2.05, 4.69) is 12.0 Å². The molecule has 2 aromatic rings. The Morgan fingerprint density at radius 3 is 2.32 bits per heavy atom. The van der Waals surface area contributed by atoms with Crippen molar-refractivity contribution in [3.63, 3.8) is 0 Å². The molecule has 0 atom stereocenters. The van der Waals surface area contributed by atoms with Crippen LogP contribution in [0.4, 0.5) is 5.82 Å². The first-order chi connectivity index (χ1) is 9.13. The fraction of sp³-hybridized carbons (Fsp3) is 0.357. The highest BCUT2D eigenvalue weighted by atomic mass is 16.5. The van der Waals surface area contributed by atoms with E-state index in [0.717, 1.165) is 34.6 Å². The summed E-state index contributed by atoms with van der Waals surface area (Å²) in [5.41, 5.74) is 8.97. The maximum absolute atomic E-state index is 6.08. The van der Waals surface area contributed by atoms with Crippen LogP contribution in [0.2, 0.25) is 0 Å². The van der Waals surface area contributed by atoms with Crippen molar-refractivity contribution in [3.05, 3.63) is 23.9 Å². The van der Waals surface area contributed by atoms with E-state index in [4.69, 9.17) is 15.2 Å². The molecule has 1 aromatic heterocycles. The normalized spacial score (nSPS) is 10.5. The summed E-state index contributed by atoms with van der Waals surface area (Å²) in [6.07, 6.45) is 2.58. The third-order valence-electron chi connectivity index (χ3n) is 3.28. The van der Waals surface area contributed by atoms with Gasteiger partial charge in [0.15, 0.2) is 0 Å². The largest absolute Gasteiger partial charge is 0.496 e. The number of ether oxygens (including phenoxy) is 2. The van der Waals surface area contributed by atoms with E-state index in [-0.39, 0.29) is 0 Å². The van der Waals surface area contributed by atoms with Crippen LogP contribution in [0.1, 0.15) is 12.5 Å². The predicted octanol–water partition coefficient (Wildman–Crippen LogP) is 2.25. The molecule has 5 heteroatoms. The molecule has 5 nitrogen and oxygen atoms in total. The van der Waals surface area contributed by atoms with Crippen molar-refractivity contribution in [3.8, 4) is 22.6 Å². The monoisotopic (exact) mass is 261 g/mol. The number of nitrogens with two attached hydrogens (primary N) is 1. The van der Waals surface area contributed by atoms with Crippen molar-refractivity contribution in [1.29, 1.82) is 0 Å². The van der Waals surface area contributed by atoms with Gasteiger partial charge in [0.2, 0.25) is 0 Å². The zero-order chi connectivity index (χ0) is 14.0. The van der Waals surface area contributed by atoms with Crippen molar-refractivity contribution in [2.45, 2.75) is 13.3 Å². The van der Waals surface area contributed by atoms with Crippen molar-refractivity contribution in [1.82, 2.24) is 9.78 Å². The van der Waals surface area contributed by atoms with Crippen molar-refractivity contribution in [2.24, 2.45) is 7.05 Å². The van der Waals surface area contributed by atoms with Gasteiger partial charge in [-0.05, 0) is 18.6 Å². The molecule has 0 bridgehead atoms. The molecular formula is C14H19N3O2. The molecule has 0 unspecified atom stereocenters. The molecule has 0 saturated heterocycles. The number of aryl methyl sites for hydroxylation is 1. The van der Waals surface area contributed by atoms with Crippen LogP contribution in [0.25, 0.3) is 11.1 Å². The molecular weight excluding hydrogens is 242 g/mol. The Balaban J connectivity index is 2.75.